The minimum absolute atomic E-state index is 0.292. The second-order valence-corrected chi connectivity index (χ2v) is 5.26. The Balaban J connectivity index is 1.80. The SMILES string of the molecule is CNC(Cc1ccc2c(c1)CCC2)c1ccccn1. The second kappa shape index (κ2) is 5.54. The summed E-state index contributed by atoms with van der Waals surface area (Å²) in [5.41, 5.74) is 5.62. The standard InChI is InChI=1S/C17H20N2/c1-18-17(16-7-2-3-10-19-16)12-13-8-9-14-5-4-6-15(14)11-13/h2-3,7-11,17-18H,4-6,12H2,1H3. The van der Waals surface area contributed by atoms with Crippen LogP contribution in [0.25, 0.3) is 0 Å². The summed E-state index contributed by atoms with van der Waals surface area (Å²) in [6, 6.07) is 13.4. The number of nitrogens with zero attached hydrogens (tertiary/aromatic N) is 1. The van der Waals surface area contributed by atoms with Gasteiger partial charge in [-0.15, -0.1) is 0 Å². The summed E-state index contributed by atoms with van der Waals surface area (Å²) in [7, 11) is 2.01. The van der Waals surface area contributed by atoms with E-state index in [1.165, 1.54) is 24.8 Å². The number of likely N-dealkylation sites (N-methyl/N-ethyl adjacent to an activating group) is 1. The maximum absolute atomic E-state index is 4.46. The van der Waals surface area contributed by atoms with E-state index in [4.69, 9.17) is 0 Å². The Bertz CT molecular complexity index is 548. The molecule has 1 heterocycles. The van der Waals surface area contributed by atoms with Crippen LogP contribution >= 0.6 is 0 Å². The van der Waals surface area contributed by atoms with E-state index in [1.807, 2.05) is 19.3 Å². The molecule has 0 fully saturated rings. The maximum Gasteiger partial charge on any atom is 0.0576 e. The Labute approximate surface area is 114 Å². The first-order valence-electron chi connectivity index (χ1n) is 7.05. The fraction of sp³-hybridized carbons (Fsp3) is 0.353. The molecule has 0 radical (unpaired) electrons. The van der Waals surface area contributed by atoms with E-state index in [2.05, 4.69) is 40.6 Å². The molecule has 19 heavy (non-hydrogen) atoms. The van der Waals surface area contributed by atoms with Gasteiger partial charge in [0.2, 0.25) is 0 Å². The molecule has 1 aromatic heterocycles. The lowest BCUT2D eigenvalue weighted by molar-refractivity contribution is 0.576. The Kier molecular flexibility index (Phi) is 3.60. The number of pyridine rings is 1. The third kappa shape index (κ3) is 2.69. The van der Waals surface area contributed by atoms with Crippen LogP contribution in [-0.4, -0.2) is 12.0 Å². The molecule has 1 N–H and O–H groups in total. The van der Waals surface area contributed by atoms with Gasteiger partial charge in [-0.05, 0) is 61.6 Å². The molecule has 0 spiro atoms. The molecule has 0 bridgehead atoms. The topological polar surface area (TPSA) is 24.9 Å². The van der Waals surface area contributed by atoms with E-state index in [0.717, 1.165) is 12.1 Å². The van der Waals surface area contributed by atoms with Gasteiger partial charge in [0.25, 0.3) is 0 Å². The molecule has 1 aromatic carbocycles. The van der Waals surface area contributed by atoms with Crippen molar-refractivity contribution in [1.29, 1.82) is 0 Å². The monoisotopic (exact) mass is 252 g/mol. The van der Waals surface area contributed by atoms with Crippen LogP contribution in [0.5, 0.6) is 0 Å². The predicted molar refractivity (Wildman–Crippen MR) is 78.2 cm³/mol. The third-order valence-corrected chi connectivity index (χ3v) is 4.00. The highest BCUT2D eigenvalue weighted by molar-refractivity contribution is 5.36. The van der Waals surface area contributed by atoms with Crippen molar-refractivity contribution in [2.24, 2.45) is 0 Å². The second-order valence-electron chi connectivity index (χ2n) is 5.26. The first kappa shape index (κ1) is 12.4. The van der Waals surface area contributed by atoms with Crippen molar-refractivity contribution in [1.82, 2.24) is 10.3 Å². The molecule has 1 atom stereocenters. The third-order valence-electron chi connectivity index (χ3n) is 4.00. The summed E-state index contributed by atoms with van der Waals surface area (Å²) in [5, 5.41) is 3.37. The van der Waals surface area contributed by atoms with Crippen molar-refractivity contribution in [3.8, 4) is 0 Å². The predicted octanol–water partition coefficient (Wildman–Crippen LogP) is 3.07. The molecule has 1 aliphatic carbocycles. The lowest BCUT2D eigenvalue weighted by atomic mass is 9.99. The van der Waals surface area contributed by atoms with Crippen molar-refractivity contribution >= 4 is 0 Å². The van der Waals surface area contributed by atoms with Crippen LogP contribution in [0, 0.1) is 0 Å². The highest BCUT2D eigenvalue weighted by Crippen LogP contribution is 2.25. The quantitative estimate of drug-likeness (QED) is 0.904. The molecule has 0 saturated carbocycles. The number of hydrogen-bond donors (Lipinski definition) is 1. The summed E-state index contributed by atoms with van der Waals surface area (Å²) in [5.74, 6) is 0. The van der Waals surface area contributed by atoms with E-state index >= 15 is 0 Å². The summed E-state index contributed by atoms with van der Waals surface area (Å²) in [6.45, 7) is 0. The Morgan fingerprint density at radius 1 is 1.16 bits per heavy atom. The van der Waals surface area contributed by atoms with Gasteiger partial charge >= 0.3 is 0 Å². The zero-order valence-corrected chi connectivity index (χ0v) is 11.4. The number of fused-ring (bicyclic) bond motifs is 1. The van der Waals surface area contributed by atoms with Gasteiger partial charge in [-0.2, -0.15) is 0 Å². The molecule has 3 rings (SSSR count). The molecule has 0 saturated heterocycles. The molecule has 2 heteroatoms. The number of benzene rings is 1. The zero-order chi connectivity index (χ0) is 13.1. The van der Waals surface area contributed by atoms with Crippen molar-refractivity contribution in [3.63, 3.8) is 0 Å². The Morgan fingerprint density at radius 3 is 2.84 bits per heavy atom. The van der Waals surface area contributed by atoms with Gasteiger partial charge in [-0.25, -0.2) is 0 Å². The lowest BCUT2D eigenvalue weighted by Crippen LogP contribution is -2.19. The van der Waals surface area contributed by atoms with Crippen LogP contribution in [-0.2, 0) is 19.3 Å². The zero-order valence-electron chi connectivity index (χ0n) is 11.4. The van der Waals surface area contributed by atoms with Gasteiger partial charge in [0.05, 0.1) is 11.7 Å². The van der Waals surface area contributed by atoms with Crippen molar-refractivity contribution < 1.29 is 0 Å². The first-order chi connectivity index (χ1) is 9.36. The van der Waals surface area contributed by atoms with Crippen molar-refractivity contribution in [2.45, 2.75) is 31.7 Å². The molecule has 1 unspecified atom stereocenters. The summed E-state index contributed by atoms with van der Waals surface area (Å²) in [4.78, 5) is 4.46. The van der Waals surface area contributed by atoms with Crippen LogP contribution < -0.4 is 5.32 Å². The van der Waals surface area contributed by atoms with Gasteiger partial charge in [0.15, 0.2) is 0 Å². The number of aromatic nitrogens is 1. The van der Waals surface area contributed by atoms with E-state index in [-0.39, 0.29) is 0 Å². The van der Waals surface area contributed by atoms with E-state index in [0.29, 0.717) is 6.04 Å². The molecule has 98 valence electrons. The molecule has 2 aromatic rings. The Morgan fingerprint density at radius 2 is 2.05 bits per heavy atom. The Hall–Kier alpha value is -1.67. The van der Waals surface area contributed by atoms with Crippen molar-refractivity contribution in [3.05, 3.63) is 65.0 Å². The first-order valence-corrected chi connectivity index (χ1v) is 7.05. The summed E-state index contributed by atoms with van der Waals surface area (Å²) in [6.07, 6.45) is 6.68. The van der Waals surface area contributed by atoms with Gasteiger partial charge in [0, 0.05) is 6.20 Å². The van der Waals surface area contributed by atoms with Crippen LogP contribution in [0.4, 0.5) is 0 Å². The minimum atomic E-state index is 0.292. The minimum Gasteiger partial charge on any atom is -0.311 e. The number of aryl methyl sites for hydroxylation is 2. The van der Waals surface area contributed by atoms with Crippen LogP contribution in [0.3, 0.4) is 0 Å². The van der Waals surface area contributed by atoms with Gasteiger partial charge in [0.1, 0.15) is 0 Å². The molecular formula is C17H20N2. The van der Waals surface area contributed by atoms with Gasteiger partial charge in [-0.3, -0.25) is 4.98 Å². The largest absolute Gasteiger partial charge is 0.311 e. The number of hydrogen-bond acceptors (Lipinski definition) is 2. The molecule has 0 amide bonds. The van der Waals surface area contributed by atoms with Gasteiger partial charge < -0.3 is 5.32 Å². The molecule has 0 aliphatic heterocycles. The average molecular weight is 252 g/mol. The van der Waals surface area contributed by atoms with E-state index < -0.39 is 0 Å². The highest BCUT2D eigenvalue weighted by Gasteiger charge is 2.14. The van der Waals surface area contributed by atoms with E-state index in [1.54, 1.807) is 11.1 Å². The van der Waals surface area contributed by atoms with Crippen molar-refractivity contribution in [2.75, 3.05) is 7.05 Å². The fourth-order valence-corrected chi connectivity index (χ4v) is 2.92. The summed E-state index contributed by atoms with van der Waals surface area (Å²) < 4.78 is 0. The number of rotatable bonds is 4. The highest BCUT2D eigenvalue weighted by atomic mass is 14.9. The van der Waals surface area contributed by atoms with Crippen LogP contribution in [0.15, 0.2) is 42.6 Å². The van der Waals surface area contributed by atoms with Crippen LogP contribution in [0.2, 0.25) is 0 Å². The fourth-order valence-electron chi connectivity index (χ4n) is 2.92. The lowest BCUT2D eigenvalue weighted by Gasteiger charge is -2.16. The number of nitrogens with one attached hydrogen (secondary N) is 1. The van der Waals surface area contributed by atoms with Crippen LogP contribution in [0.1, 0.15) is 34.8 Å². The normalized spacial score (nSPS) is 15.2. The van der Waals surface area contributed by atoms with Gasteiger partial charge in [-0.1, -0.05) is 24.3 Å². The maximum atomic E-state index is 4.46. The smallest absolute Gasteiger partial charge is 0.0576 e. The molecular weight excluding hydrogens is 232 g/mol. The summed E-state index contributed by atoms with van der Waals surface area (Å²) >= 11 is 0. The molecule has 1 aliphatic rings. The molecule has 2 nitrogen and oxygen atoms in total. The average Bonchev–Trinajstić information content (AvgIpc) is 2.93. The van der Waals surface area contributed by atoms with E-state index in [9.17, 15) is 0 Å².